The number of esters is 1. The van der Waals surface area contributed by atoms with E-state index in [0.29, 0.717) is 31.2 Å². The minimum atomic E-state index is -0.774. The molecular formula is C14H17N3O3S. The number of aromatic nitrogens is 3. The molecule has 1 saturated carbocycles. The second-order valence-corrected chi connectivity index (χ2v) is 6.04. The van der Waals surface area contributed by atoms with Gasteiger partial charge in [0.2, 0.25) is 11.7 Å². The maximum absolute atomic E-state index is 12.5. The smallest absolute Gasteiger partial charge is 0.321 e. The minimum absolute atomic E-state index is 0.246. The van der Waals surface area contributed by atoms with Crippen molar-refractivity contribution in [1.82, 2.24) is 15.1 Å². The Morgan fingerprint density at radius 1 is 1.43 bits per heavy atom. The molecule has 21 heavy (non-hydrogen) atoms. The number of carbonyl (C=O) groups excluding carboxylic acids is 1. The molecule has 0 N–H and O–H groups in total. The van der Waals surface area contributed by atoms with Gasteiger partial charge in [-0.1, -0.05) is 24.4 Å². The summed E-state index contributed by atoms with van der Waals surface area (Å²) in [6.45, 7) is 2.17. The van der Waals surface area contributed by atoms with Crippen molar-refractivity contribution in [3.8, 4) is 10.7 Å². The lowest BCUT2D eigenvalue weighted by Crippen LogP contribution is -2.39. The Balaban J connectivity index is 1.95. The molecular weight excluding hydrogens is 290 g/mol. The zero-order valence-electron chi connectivity index (χ0n) is 11.9. The summed E-state index contributed by atoms with van der Waals surface area (Å²) in [7, 11) is 0. The van der Waals surface area contributed by atoms with Gasteiger partial charge in [0.15, 0.2) is 0 Å². The van der Waals surface area contributed by atoms with Crippen molar-refractivity contribution >= 4 is 17.3 Å². The van der Waals surface area contributed by atoms with Crippen LogP contribution in [0.2, 0.25) is 0 Å². The van der Waals surface area contributed by atoms with Crippen LogP contribution in [0.25, 0.3) is 10.7 Å². The van der Waals surface area contributed by atoms with Crippen LogP contribution in [0.1, 0.15) is 44.9 Å². The van der Waals surface area contributed by atoms with Crippen LogP contribution in [-0.2, 0) is 14.9 Å². The Morgan fingerprint density at radius 3 is 2.90 bits per heavy atom. The molecule has 1 fully saturated rings. The maximum atomic E-state index is 12.5. The molecule has 3 rings (SSSR count). The van der Waals surface area contributed by atoms with Gasteiger partial charge in [0.05, 0.1) is 17.0 Å². The summed E-state index contributed by atoms with van der Waals surface area (Å²) in [6.07, 6.45) is 6.16. The third-order valence-corrected chi connectivity index (χ3v) is 4.63. The van der Waals surface area contributed by atoms with Crippen molar-refractivity contribution in [3.63, 3.8) is 0 Å². The highest BCUT2D eigenvalue weighted by atomic mass is 32.1. The largest absolute Gasteiger partial charge is 0.465 e. The van der Waals surface area contributed by atoms with E-state index in [1.54, 1.807) is 11.7 Å². The molecule has 0 aliphatic heterocycles. The highest BCUT2D eigenvalue weighted by Crippen LogP contribution is 2.40. The van der Waals surface area contributed by atoms with Gasteiger partial charge < -0.3 is 9.26 Å². The van der Waals surface area contributed by atoms with E-state index in [0.717, 1.165) is 24.1 Å². The van der Waals surface area contributed by atoms with Crippen LogP contribution >= 0.6 is 11.3 Å². The van der Waals surface area contributed by atoms with Crippen LogP contribution in [0.5, 0.6) is 0 Å². The molecule has 0 amide bonds. The van der Waals surface area contributed by atoms with Crippen LogP contribution in [0.3, 0.4) is 0 Å². The number of rotatable bonds is 4. The number of hydrogen-bond donors (Lipinski definition) is 0. The van der Waals surface area contributed by atoms with Gasteiger partial charge in [-0.05, 0) is 19.8 Å². The Hall–Kier alpha value is -1.76. The molecule has 0 spiro atoms. The SMILES string of the molecule is CCOC(=O)C1(c2nc(-c3cncs3)no2)CCCCC1. The monoisotopic (exact) mass is 307 g/mol. The normalized spacial score (nSPS) is 17.6. The number of thiazole rings is 1. The molecule has 1 aliphatic rings. The number of nitrogens with zero attached hydrogens (tertiary/aromatic N) is 3. The van der Waals surface area contributed by atoms with Gasteiger partial charge in [-0.2, -0.15) is 4.98 Å². The molecule has 6 nitrogen and oxygen atoms in total. The first kappa shape index (κ1) is 14.2. The molecule has 2 heterocycles. The topological polar surface area (TPSA) is 78.1 Å². The average Bonchev–Trinajstić information content (AvgIpc) is 3.19. The van der Waals surface area contributed by atoms with Gasteiger partial charge in [-0.15, -0.1) is 11.3 Å². The highest BCUT2D eigenvalue weighted by molar-refractivity contribution is 7.13. The number of carbonyl (C=O) groups is 1. The van der Waals surface area contributed by atoms with Gasteiger partial charge in [0, 0.05) is 6.20 Å². The molecule has 0 saturated heterocycles. The van der Waals surface area contributed by atoms with Crippen molar-refractivity contribution in [1.29, 1.82) is 0 Å². The molecule has 7 heteroatoms. The molecule has 0 bridgehead atoms. The highest BCUT2D eigenvalue weighted by Gasteiger charge is 2.47. The second kappa shape index (κ2) is 5.93. The lowest BCUT2D eigenvalue weighted by atomic mass is 9.74. The molecule has 0 unspecified atom stereocenters. The van der Waals surface area contributed by atoms with E-state index in [-0.39, 0.29) is 5.97 Å². The summed E-state index contributed by atoms with van der Waals surface area (Å²) in [6, 6.07) is 0. The summed E-state index contributed by atoms with van der Waals surface area (Å²) < 4.78 is 10.7. The van der Waals surface area contributed by atoms with E-state index in [9.17, 15) is 4.79 Å². The predicted octanol–water partition coefficient (Wildman–Crippen LogP) is 2.96. The van der Waals surface area contributed by atoms with Gasteiger partial charge in [0.1, 0.15) is 5.41 Å². The third-order valence-electron chi connectivity index (χ3n) is 3.86. The van der Waals surface area contributed by atoms with E-state index < -0.39 is 5.41 Å². The van der Waals surface area contributed by atoms with Gasteiger partial charge >= 0.3 is 5.97 Å². The number of ether oxygens (including phenoxy) is 1. The van der Waals surface area contributed by atoms with Crippen molar-refractivity contribution in [2.45, 2.75) is 44.4 Å². The summed E-state index contributed by atoms with van der Waals surface area (Å²) in [5, 5.41) is 4.00. The van der Waals surface area contributed by atoms with Crippen molar-refractivity contribution in [2.75, 3.05) is 6.61 Å². The predicted molar refractivity (Wildman–Crippen MR) is 76.8 cm³/mol. The molecule has 0 aromatic carbocycles. The van der Waals surface area contributed by atoms with E-state index in [4.69, 9.17) is 9.26 Å². The Labute approximate surface area is 126 Å². The molecule has 112 valence electrons. The van der Waals surface area contributed by atoms with Gasteiger partial charge in [0.25, 0.3) is 0 Å². The van der Waals surface area contributed by atoms with Crippen molar-refractivity contribution in [3.05, 3.63) is 17.6 Å². The van der Waals surface area contributed by atoms with Crippen LogP contribution in [-0.4, -0.2) is 27.7 Å². The van der Waals surface area contributed by atoms with Crippen LogP contribution < -0.4 is 0 Å². The van der Waals surface area contributed by atoms with E-state index >= 15 is 0 Å². The third kappa shape index (κ3) is 2.57. The molecule has 0 atom stereocenters. The van der Waals surface area contributed by atoms with E-state index in [1.165, 1.54) is 11.3 Å². The van der Waals surface area contributed by atoms with Crippen LogP contribution in [0, 0.1) is 0 Å². The first-order chi connectivity index (χ1) is 10.3. The summed E-state index contributed by atoms with van der Waals surface area (Å²) in [4.78, 5) is 21.7. The van der Waals surface area contributed by atoms with Gasteiger partial charge in [-0.3, -0.25) is 9.78 Å². The average molecular weight is 307 g/mol. The Bertz CT molecular complexity index is 603. The van der Waals surface area contributed by atoms with Gasteiger partial charge in [-0.25, -0.2) is 0 Å². The molecule has 2 aromatic rings. The van der Waals surface area contributed by atoms with E-state index in [1.807, 2.05) is 6.92 Å². The minimum Gasteiger partial charge on any atom is -0.465 e. The standard InChI is InChI=1S/C14H17N3O3S/c1-2-19-13(18)14(6-4-3-5-7-14)12-16-11(17-20-12)10-8-15-9-21-10/h8-9H,2-7H2,1H3. The zero-order chi connectivity index (χ0) is 14.7. The fourth-order valence-electron chi connectivity index (χ4n) is 2.77. The fraction of sp³-hybridized carbons (Fsp3) is 0.571. The lowest BCUT2D eigenvalue weighted by molar-refractivity contribution is -0.152. The summed E-state index contributed by atoms with van der Waals surface area (Å²) in [5.41, 5.74) is 0.942. The first-order valence-corrected chi connectivity index (χ1v) is 8.04. The maximum Gasteiger partial charge on any atom is 0.321 e. The van der Waals surface area contributed by atoms with Crippen molar-refractivity contribution in [2.24, 2.45) is 0 Å². The summed E-state index contributed by atoms with van der Waals surface area (Å²) in [5.74, 6) is 0.620. The second-order valence-electron chi connectivity index (χ2n) is 5.15. The van der Waals surface area contributed by atoms with Crippen molar-refractivity contribution < 1.29 is 14.1 Å². The fourth-order valence-corrected chi connectivity index (χ4v) is 3.32. The quantitative estimate of drug-likeness (QED) is 0.808. The lowest BCUT2D eigenvalue weighted by Gasteiger charge is -2.31. The van der Waals surface area contributed by atoms with Crippen LogP contribution in [0.15, 0.2) is 16.2 Å². The molecule has 2 aromatic heterocycles. The van der Waals surface area contributed by atoms with E-state index in [2.05, 4.69) is 15.1 Å². The Morgan fingerprint density at radius 2 is 2.24 bits per heavy atom. The molecule has 1 aliphatic carbocycles. The Kier molecular flexibility index (Phi) is 4.01. The number of hydrogen-bond acceptors (Lipinski definition) is 7. The van der Waals surface area contributed by atoms with Crippen LogP contribution in [0.4, 0.5) is 0 Å². The zero-order valence-corrected chi connectivity index (χ0v) is 12.7. The first-order valence-electron chi connectivity index (χ1n) is 7.16. The summed E-state index contributed by atoms with van der Waals surface area (Å²) >= 11 is 1.44. The molecule has 0 radical (unpaired) electrons.